The van der Waals surface area contributed by atoms with E-state index in [0.717, 1.165) is 17.8 Å². The molecule has 20 heavy (non-hydrogen) atoms. The van der Waals surface area contributed by atoms with Crippen molar-refractivity contribution < 1.29 is 8.42 Å². The predicted octanol–water partition coefficient (Wildman–Crippen LogP) is 3.43. The molecule has 0 bridgehead atoms. The Bertz CT molecular complexity index is 526. The Morgan fingerprint density at radius 1 is 1.40 bits per heavy atom. The number of rotatable bonds is 8. The topological polar surface area (TPSA) is 49.4 Å². The minimum Gasteiger partial charge on any atom is -0.312 e. The zero-order chi connectivity index (χ0) is 15.3. The molecule has 0 aliphatic rings. The lowest BCUT2D eigenvalue weighted by molar-refractivity contribution is 0.354. The summed E-state index contributed by atoms with van der Waals surface area (Å²) in [5.41, 5.74) is 0. The van der Waals surface area contributed by atoms with Crippen molar-refractivity contribution in [2.24, 2.45) is 0 Å². The highest BCUT2D eigenvalue weighted by molar-refractivity contribution is 9.11. The third-order valence-corrected chi connectivity index (χ3v) is 7.19. The Morgan fingerprint density at radius 3 is 2.55 bits per heavy atom. The van der Waals surface area contributed by atoms with Crippen molar-refractivity contribution in [3.05, 3.63) is 14.7 Å². The van der Waals surface area contributed by atoms with E-state index in [1.54, 1.807) is 10.4 Å². The van der Waals surface area contributed by atoms with Gasteiger partial charge in [-0.25, -0.2) is 8.42 Å². The van der Waals surface area contributed by atoms with Crippen molar-refractivity contribution in [3.63, 3.8) is 0 Å². The van der Waals surface area contributed by atoms with Crippen LogP contribution in [-0.4, -0.2) is 31.9 Å². The summed E-state index contributed by atoms with van der Waals surface area (Å²) in [7, 11) is -3.43. The Labute approximate surface area is 134 Å². The first-order valence-electron chi connectivity index (χ1n) is 6.85. The maximum absolute atomic E-state index is 12.8. The van der Waals surface area contributed by atoms with Crippen LogP contribution in [0.4, 0.5) is 0 Å². The second kappa shape index (κ2) is 7.89. The van der Waals surface area contributed by atoms with Gasteiger partial charge in [0, 0.05) is 24.0 Å². The van der Waals surface area contributed by atoms with Gasteiger partial charge in [-0.05, 0) is 48.8 Å². The first kappa shape index (κ1) is 18.1. The second-order valence-corrected chi connectivity index (χ2v) is 9.15. The van der Waals surface area contributed by atoms with E-state index in [2.05, 4.69) is 21.2 Å². The van der Waals surface area contributed by atoms with E-state index in [9.17, 15) is 8.42 Å². The molecule has 0 spiro atoms. The summed E-state index contributed by atoms with van der Waals surface area (Å²) >= 11 is 4.88. The molecular formula is C13H23BrN2O2S2. The minimum atomic E-state index is -3.43. The molecule has 0 saturated heterocycles. The first-order valence-corrected chi connectivity index (χ1v) is 9.90. The fourth-order valence-electron chi connectivity index (χ4n) is 1.91. The molecule has 0 atom stereocenters. The molecule has 0 aromatic carbocycles. The smallest absolute Gasteiger partial charge is 0.245 e. The van der Waals surface area contributed by atoms with Gasteiger partial charge < -0.3 is 5.32 Å². The van der Waals surface area contributed by atoms with Gasteiger partial charge in [0.2, 0.25) is 10.0 Å². The van der Waals surface area contributed by atoms with Crippen molar-refractivity contribution >= 4 is 37.3 Å². The Morgan fingerprint density at radius 2 is 2.05 bits per heavy atom. The van der Waals surface area contributed by atoms with Crippen LogP contribution in [0.2, 0.25) is 0 Å². The Balaban J connectivity index is 3.10. The molecule has 7 heteroatoms. The molecule has 4 nitrogen and oxygen atoms in total. The lowest BCUT2D eigenvalue weighted by atomic mass is 10.4. The lowest BCUT2D eigenvalue weighted by Gasteiger charge is -2.25. The van der Waals surface area contributed by atoms with Crippen molar-refractivity contribution in [1.82, 2.24) is 9.62 Å². The summed E-state index contributed by atoms with van der Waals surface area (Å²) in [6.07, 6.45) is 0.809. The average molecular weight is 383 g/mol. The molecule has 0 amide bonds. The molecule has 1 aromatic heterocycles. The molecule has 0 unspecified atom stereocenters. The van der Waals surface area contributed by atoms with E-state index in [-0.39, 0.29) is 6.04 Å². The normalized spacial score (nSPS) is 12.6. The third kappa shape index (κ3) is 4.27. The van der Waals surface area contributed by atoms with Crippen molar-refractivity contribution in [2.75, 3.05) is 13.1 Å². The van der Waals surface area contributed by atoms with Crippen molar-refractivity contribution in [2.45, 2.75) is 51.6 Å². The predicted molar refractivity (Wildman–Crippen MR) is 88.7 cm³/mol. The second-order valence-electron chi connectivity index (χ2n) is 4.84. The van der Waals surface area contributed by atoms with E-state index in [0.29, 0.717) is 21.8 Å². The summed E-state index contributed by atoms with van der Waals surface area (Å²) in [5, 5.41) is 3.21. The van der Waals surface area contributed by atoms with E-state index in [1.165, 1.54) is 11.3 Å². The summed E-state index contributed by atoms with van der Waals surface area (Å²) < 4.78 is 27.8. The van der Waals surface area contributed by atoms with Crippen LogP contribution < -0.4 is 5.32 Å². The summed E-state index contributed by atoms with van der Waals surface area (Å²) in [4.78, 5) is 1.41. The first-order chi connectivity index (χ1) is 9.34. The van der Waals surface area contributed by atoms with Gasteiger partial charge in [-0.1, -0.05) is 13.8 Å². The maximum Gasteiger partial charge on any atom is 0.245 e. The van der Waals surface area contributed by atoms with Crippen LogP contribution in [0.1, 0.15) is 39.0 Å². The highest BCUT2D eigenvalue weighted by Gasteiger charge is 2.29. The average Bonchev–Trinajstić information content (AvgIpc) is 2.74. The monoisotopic (exact) mass is 382 g/mol. The molecule has 1 rings (SSSR count). The molecule has 0 fully saturated rings. The zero-order valence-electron chi connectivity index (χ0n) is 12.4. The standard InChI is InChI=1S/C13H23BrN2O2S2/c1-5-7-16(10(3)4)20(17,18)12-8-11(9-15-6-2)19-13(12)14/h8,10,15H,5-7,9H2,1-4H3. The van der Waals surface area contributed by atoms with Crippen LogP contribution in [0, 0.1) is 0 Å². The van der Waals surface area contributed by atoms with Gasteiger partial charge in [0.25, 0.3) is 0 Å². The van der Waals surface area contributed by atoms with Crippen LogP contribution in [-0.2, 0) is 16.6 Å². The number of halogens is 1. The van der Waals surface area contributed by atoms with Crippen LogP contribution in [0.3, 0.4) is 0 Å². The molecule has 1 N–H and O–H groups in total. The molecule has 116 valence electrons. The summed E-state index contributed by atoms with van der Waals surface area (Å²) in [6.45, 7) is 9.95. The van der Waals surface area contributed by atoms with E-state index in [1.807, 2.05) is 27.7 Å². The highest BCUT2D eigenvalue weighted by atomic mass is 79.9. The van der Waals surface area contributed by atoms with Crippen molar-refractivity contribution in [3.8, 4) is 0 Å². The largest absolute Gasteiger partial charge is 0.312 e. The number of hydrogen-bond acceptors (Lipinski definition) is 4. The van der Waals surface area contributed by atoms with Crippen LogP contribution in [0.15, 0.2) is 14.7 Å². The van der Waals surface area contributed by atoms with Crippen LogP contribution in [0.5, 0.6) is 0 Å². The zero-order valence-corrected chi connectivity index (χ0v) is 15.7. The Kier molecular flexibility index (Phi) is 7.14. The number of nitrogens with zero attached hydrogens (tertiary/aromatic N) is 1. The maximum atomic E-state index is 12.8. The number of sulfonamides is 1. The fraction of sp³-hybridized carbons (Fsp3) is 0.692. The minimum absolute atomic E-state index is 0.0380. The van der Waals surface area contributed by atoms with Crippen molar-refractivity contribution in [1.29, 1.82) is 0 Å². The van der Waals surface area contributed by atoms with Gasteiger partial charge in [-0.2, -0.15) is 4.31 Å². The van der Waals surface area contributed by atoms with Gasteiger partial charge in [0.15, 0.2) is 0 Å². The Hall–Kier alpha value is 0.0500. The van der Waals surface area contributed by atoms with E-state index < -0.39 is 10.0 Å². The fourth-order valence-corrected chi connectivity index (χ4v) is 6.24. The number of thiophene rings is 1. The molecule has 0 aliphatic heterocycles. The summed E-state index contributed by atoms with van der Waals surface area (Å²) in [5.74, 6) is 0. The van der Waals surface area contributed by atoms with Gasteiger partial charge in [-0.3, -0.25) is 0 Å². The van der Waals surface area contributed by atoms with Gasteiger partial charge in [0.05, 0.1) is 3.79 Å². The van der Waals surface area contributed by atoms with Crippen LogP contribution >= 0.6 is 27.3 Å². The third-order valence-electron chi connectivity index (χ3n) is 2.86. The SMILES string of the molecule is CCCN(C(C)C)S(=O)(=O)c1cc(CNCC)sc1Br. The van der Waals surface area contributed by atoms with E-state index in [4.69, 9.17) is 0 Å². The molecule has 0 radical (unpaired) electrons. The number of nitrogens with one attached hydrogen (secondary N) is 1. The van der Waals surface area contributed by atoms with Gasteiger partial charge >= 0.3 is 0 Å². The quantitative estimate of drug-likeness (QED) is 0.748. The van der Waals surface area contributed by atoms with Gasteiger partial charge in [-0.15, -0.1) is 11.3 Å². The van der Waals surface area contributed by atoms with E-state index >= 15 is 0 Å². The molecular weight excluding hydrogens is 360 g/mol. The number of hydrogen-bond donors (Lipinski definition) is 1. The summed E-state index contributed by atoms with van der Waals surface area (Å²) in [6, 6.07) is 1.74. The lowest BCUT2D eigenvalue weighted by Crippen LogP contribution is -2.37. The molecule has 0 aliphatic carbocycles. The van der Waals surface area contributed by atoms with Gasteiger partial charge in [0.1, 0.15) is 4.90 Å². The molecule has 1 heterocycles. The molecule has 0 saturated carbocycles. The highest BCUT2D eigenvalue weighted by Crippen LogP contribution is 2.34. The molecule has 1 aromatic rings. The van der Waals surface area contributed by atoms with Crippen LogP contribution in [0.25, 0.3) is 0 Å².